The van der Waals surface area contributed by atoms with Crippen molar-refractivity contribution in [1.29, 1.82) is 0 Å². The van der Waals surface area contributed by atoms with Gasteiger partial charge < -0.3 is 9.80 Å². The molecule has 7 heteroatoms. The van der Waals surface area contributed by atoms with E-state index in [1.807, 2.05) is 16.7 Å². The summed E-state index contributed by atoms with van der Waals surface area (Å²) in [5, 5.41) is 0. The van der Waals surface area contributed by atoms with Gasteiger partial charge in [0, 0.05) is 38.3 Å². The Morgan fingerprint density at radius 2 is 1.87 bits per heavy atom. The van der Waals surface area contributed by atoms with Gasteiger partial charge >= 0.3 is 0 Å². The van der Waals surface area contributed by atoms with Crippen LogP contribution in [0.2, 0.25) is 0 Å². The fraction of sp³-hybridized carbons (Fsp3) is 0.652. The normalized spacial score (nSPS) is 28.0. The number of carbonyl (C=O) groups is 2. The second-order valence-electron chi connectivity index (χ2n) is 9.00. The van der Waals surface area contributed by atoms with Crippen LogP contribution in [0.5, 0.6) is 0 Å². The molecule has 3 atom stereocenters. The van der Waals surface area contributed by atoms with E-state index < -0.39 is 0 Å². The van der Waals surface area contributed by atoms with Crippen molar-refractivity contribution < 1.29 is 14.0 Å². The van der Waals surface area contributed by atoms with E-state index in [9.17, 15) is 14.0 Å². The number of likely N-dealkylation sites (tertiary alicyclic amines) is 2. The molecule has 0 saturated carbocycles. The lowest BCUT2D eigenvalue weighted by Gasteiger charge is -2.44. The Kier molecular flexibility index (Phi) is 6.68. The Morgan fingerprint density at radius 3 is 2.57 bits per heavy atom. The molecule has 3 aliphatic heterocycles. The summed E-state index contributed by atoms with van der Waals surface area (Å²) in [5.41, 5.74) is 6.67. The number of halogens is 1. The summed E-state index contributed by atoms with van der Waals surface area (Å²) in [5.74, 6) is 0.359. The van der Waals surface area contributed by atoms with Crippen LogP contribution in [-0.2, 0) is 16.0 Å². The van der Waals surface area contributed by atoms with E-state index in [1.165, 1.54) is 6.07 Å². The van der Waals surface area contributed by atoms with Gasteiger partial charge in [0.15, 0.2) is 0 Å². The van der Waals surface area contributed by atoms with Crippen molar-refractivity contribution in [3.63, 3.8) is 0 Å². The highest BCUT2D eigenvalue weighted by molar-refractivity contribution is 5.80. The zero-order valence-electron chi connectivity index (χ0n) is 17.8. The van der Waals surface area contributed by atoms with Gasteiger partial charge in [0.2, 0.25) is 11.8 Å². The molecule has 3 unspecified atom stereocenters. The van der Waals surface area contributed by atoms with Crippen LogP contribution < -0.4 is 10.9 Å². The van der Waals surface area contributed by atoms with Crippen molar-refractivity contribution in [2.45, 2.75) is 57.5 Å². The minimum atomic E-state index is -0.309. The lowest BCUT2D eigenvalue weighted by Crippen LogP contribution is -2.52. The molecule has 0 aliphatic carbocycles. The summed E-state index contributed by atoms with van der Waals surface area (Å²) in [7, 11) is 0. The largest absolute Gasteiger partial charge is 0.342 e. The van der Waals surface area contributed by atoms with Crippen LogP contribution in [0.1, 0.15) is 44.6 Å². The third-order valence-electron chi connectivity index (χ3n) is 7.14. The number of amides is 2. The summed E-state index contributed by atoms with van der Waals surface area (Å²) in [6, 6.07) is 6.91. The Morgan fingerprint density at radius 1 is 1.10 bits per heavy atom. The van der Waals surface area contributed by atoms with Crippen molar-refractivity contribution in [2.24, 2.45) is 11.8 Å². The third-order valence-corrected chi connectivity index (χ3v) is 7.14. The molecule has 164 valence electrons. The fourth-order valence-corrected chi connectivity index (χ4v) is 5.31. The van der Waals surface area contributed by atoms with Gasteiger partial charge in [-0.2, -0.15) is 0 Å². The molecule has 0 aromatic heterocycles. The fourth-order valence-electron chi connectivity index (χ4n) is 5.31. The summed E-state index contributed by atoms with van der Waals surface area (Å²) >= 11 is 0. The Bertz CT molecular complexity index is 765. The molecule has 0 spiro atoms. The first-order chi connectivity index (χ1) is 14.5. The van der Waals surface area contributed by atoms with Gasteiger partial charge in [-0.15, -0.1) is 0 Å². The molecular formula is C23H33FN4O2. The van der Waals surface area contributed by atoms with E-state index >= 15 is 0 Å². The molecule has 3 saturated heterocycles. The lowest BCUT2D eigenvalue weighted by atomic mass is 9.83. The summed E-state index contributed by atoms with van der Waals surface area (Å²) in [4.78, 5) is 29.9. The number of nitrogens with zero attached hydrogens (tertiary/aromatic N) is 2. The monoisotopic (exact) mass is 416 g/mol. The number of benzene rings is 1. The molecule has 3 aliphatic rings. The average molecular weight is 417 g/mol. The van der Waals surface area contributed by atoms with Crippen molar-refractivity contribution in [2.75, 3.05) is 26.2 Å². The van der Waals surface area contributed by atoms with Crippen molar-refractivity contribution in [3.8, 4) is 0 Å². The van der Waals surface area contributed by atoms with Crippen LogP contribution in [-0.4, -0.2) is 59.9 Å². The maximum absolute atomic E-state index is 14.0. The smallest absolute Gasteiger partial charge is 0.228 e. The number of hydrazine groups is 1. The first-order valence-corrected chi connectivity index (χ1v) is 11.3. The van der Waals surface area contributed by atoms with Crippen LogP contribution in [0.15, 0.2) is 24.3 Å². The molecule has 6 nitrogen and oxygen atoms in total. The molecule has 30 heavy (non-hydrogen) atoms. The second kappa shape index (κ2) is 9.43. The highest BCUT2D eigenvalue weighted by atomic mass is 19.1. The molecule has 3 fully saturated rings. The first kappa shape index (κ1) is 21.2. The number of hydrogen-bond acceptors (Lipinski definition) is 4. The Labute approximate surface area is 178 Å². The van der Waals surface area contributed by atoms with E-state index in [1.54, 1.807) is 18.2 Å². The minimum absolute atomic E-state index is 0.00456. The second-order valence-corrected chi connectivity index (χ2v) is 9.00. The highest BCUT2D eigenvalue weighted by Crippen LogP contribution is 2.32. The zero-order chi connectivity index (χ0) is 21.1. The lowest BCUT2D eigenvalue weighted by molar-refractivity contribution is -0.140. The van der Waals surface area contributed by atoms with E-state index in [-0.39, 0.29) is 42.1 Å². The summed E-state index contributed by atoms with van der Waals surface area (Å²) in [6.07, 6.45) is 5.14. The summed E-state index contributed by atoms with van der Waals surface area (Å²) in [6.45, 7) is 5.00. The molecule has 0 bridgehead atoms. The minimum Gasteiger partial charge on any atom is -0.342 e. The van der Waals surface area contributed by atoms with Gasteiger partial charge in [0.1, 0.15) is 5.82 Å². The summed E-state index contributed by atoms with van der Waals surface area (Å²) < 4.78 is 14.0. The molecule has 2 amide bonds. The van der Waals surface area contributed by atoms with Crippen LogP contribution in [0.25, 0.3) is 0 Å². The van der Waals surface area contributed by atoms with E-state index in [0.29, 0.717) is 18.0 Å². The number of hydrogen-bond donors (Lipinski definition) is 2. The van der Waals surface area contributed by atoms with Crippen LogP contribution >= 0.6 is 0 Å². The van der Waals surface area contributed by atoms with Crippen molar-refractivity contribution >= 4 is 11.8 Å². The molecule has 2 N–H and O–H groups in total. The van der Waals surface area contributed by atoms with E-state index in [2.05, 4.69) is 10.9 Å². The topological polar surface area (TPSA) is 64.7 Å². The number of piperidine rings is 2. The molecule has 1 aromatic carbocycles. The van der Waals surface area contributed by atoms with Gasteiger partial charge in [-0.05, 0) is 56.6 Å². The van der Waals surface area contributed by atoms with E-state index in [0.717, 1.165) is 51.7 Å². The predicted molar refractivity (Wildman–Crippen MR) is 113 cm³/mol. The molecule has 0 radical (unpaired) electrons. The van der Waals surface area contributed by atoms with E-state index in [4.69, 9.17) is 0 Å². The average Bonchev–Trinajstić information content (AvgIpc) is 3.21. The molecular weight excluding hydrogens is 383 g/mol. The van der Waals surface area contributed by atoms with Gasteiger partial charge in [-0.3, -0.25) is 20.4 Å². The zero-order valence-corrected chi connectivity index (χ0v) is 17.8. The molecule has 4 rings (SSSR count). The van der Waals surface area contributed by atoms with Gasteiger partial charge in [0.25, 0.3) is 0 Å². The van der Waals surface area contributed by atoms with Crippen LogP contribution in [0.3, 0.4) is 0 Å². The molecule has 1 aromatic rings. The third kappa shape index (κ3) is 4.52. The van der Waals surface area contributed by atoms with Gasteiger partial charge in [-0.25, -0.2) is 4.39 Å². The quantitative estimate of drug-likeness (QED) is 0.789. The van der Waals surface area contributed by atoms with Crippen molar-refractivity contribution in [3.05, 3.63) is 35.6 Å². The maximum Gasteiger partial charge on any atom is 0.228 e. The highest BCUT2D eigenvalue weighted by Gasteiger charge is 2.38. The number of rotatable bonds is 4. The van der Waals surface area contributed by atoms with Crippen LogP contribution in [0.4, 0.5) is 4.39 Å². The standard InChI is InChI=1S/C23H33FN4O2/c1-16-19(15-25-26-16)23(30)27-12-9-17(10-13-27)21-8-4-5-11-28(21)22(29)14-18-6-2-3-7-20(18)24/h2-3,6-7,16-17,19,21,25-26H,4-5,8-15H2,1H3. The van der Waals surface area contributed by atoms with Gasteiger partial charge in [0.05, 0.1) is 12.3 Å². The SMILES string of the molecule is CC1NNCC1C(=O)N1CCC(C2CCCCN2C(=O)Cc2ccccc2F)CC1. The first-order valence-electron chi connectivity index (χ1n) is 11.3. The van der Waals surface area contributed by atoms with Crippen LogP contribution in [0, 0.1) is 17.7 Å². The Balaban J connectivity index is 1.36. The maximum atomic E-state index is 14.0. The van der Waals surface area contributed by atoms with Gasteiger partial charge in [-0.1, -0.05) is 18.2 Å². The Hall–Kier alpha value is -1.99. The molecule has 3 heterocycles. The predicted octanol–water partition coefficient (Wildman–Crippen LogP) is 2.10. The van der Waals surface area contributed by atoms with Crippen molar-refractivity contribution in [1.82, 2.24) is 20.7 Å². The number of nitrogens with one attached hydrogen (secondary N) is 2. The number of carbonyl (C=O) groups excluding carboxylic acids is 2.